The lowest BCUT2D eigenvalue weighted by molar-refractivity contribution is -0.147. The molecule has 70 valence electrons. The van der Waals surface area contributed by atoms with E-state index in [0.717, 1.165) is 12.8 Å². The monoisotopic (exact) mass is 171 g/mol. The van der Waals surface area contributed by atoms with Crippen LogP contribution in [0.1, 0.15) is 33.1 Å². The van der Waals surface area contributed by atoms with Gasteiger partial charge in [0.1, 0.15) is 0 Å². The smallest absolute Gasteiger partial charge is 0.307 e. The van der Waals surface area contributed by atoms with Crippen molar-refractivity contribution in [2.45, 2.75) is 39.2 Å². The third-order valence-electron chi connectivity index (χ3n) is 2.94. The van der Waals surface area contributed by atoms with E-state index in [1.807, 2.05) is 13.8 Å². The highest BCUT2D eigenvalue weighted by molar-refractivity contribution is 5.71. The van der Waals surface area contributed by atoms with E-state index in [4.69, 9.17) is 10.8 Å². The average Bonchev–Trinajstić information content (AvgIpc) is 1.94. The molecule has 0 spiro atoms. The fraction of sp³-hybridized carbons (Fsp3) is 0.889. The quantitative estimate of drug-likeness (QED) is 0.623. The van der Waals surface area contributed by atoms with Crippen LogP contribution in [0.5, 0.6) is 0 Å². The number of nitrogens with two attached hydrogens (primary N) is 1. The molecule has 1 aliphatic carbocycles. The van der Waals surface area contributed by atoms with Crippen LogP contribution < -0.4 is 5.73 Å². The second kappa shape index (κ2) is 3.05. The summed E-state index contributed by atoms with van der Waals surface area (Å²) in [5.74, 6) is -0.962. The van der Waals surface area contributed by atoms with E-state index in [-0.39, 0.29) is 17.4 Å². The highest BCUT2D eigenvalue weighted by Crippen LogP contribution is 2.40. The first-order valence-corrected chi connectivity index (χ1v) is 4.42. The molecule has 1 aliphatic rings. The fourth-order valence-electron chi connectivity index (χ4n) is 1.91. The van der Waals surface area contributed by atoms with E-state index < -0.39 is 5.97 Å². The molecular weight excluding hydrogens is 154 g/mol. The van der Waals surface area contributed by atoms with Crippen molar-refractivity contribution in [1.82, 2.24) is 0 Å². The van der Waals surface area contributed by atoms with Gasteiger partial charge in [0, 0.05) is 6.04 Å². The minimum atomic E-state index is -0.699. The number of hydrogen-bond acceptors (Lipinski definition) is 2. The minimum Gasteiger partial charge on any atom is -0.481 e. The summed E-state index contributed by atoms with van der Waals surface area (Å²) in [6, 6.07) is 0.0825. The molecule has 1 fully saturated rings. The SMILES string of the molecule is CC1(C)CC[C@@H](N)C[C@H]1C(=O)O. The molecule has 0 unspecified atom stereocenters. The standard InChI is InChI=1S/C9H17NO2/c1-9(2)4-3-6(10)5-7(9)8(11)12/h6-7H,3-5,10H2,1-2H3,(H,11,12)/t6-,7+/m1/s1. The first kappa shape index (κ1) is 9.52. The van der Waals surface area contributed by atoms with E-state index in [9.17, 15) is 4.79 Å². The van der Waals surface area contributed by atoms with E-state index >= 15 is 0 Å². The van der Waals surface area contributed by atoms with Gasteiger partial charge in [-0.2, -0.15) is 0 Å². The molecule has 0 radical (unpaired) electrons. The highest BCUT2D eigenvalue weighted by Gasteiger charge is 2.39. The van der Waals surface area contributed by atoms with Crippen LogP contribution in [0.2, 0.25) is 0 Å². The lowest BCUT2D eigenvalue weighted by Crippen LogP contribution is -2.41. The highest BCUT2D eigenvalue weighted by atomic mass is 16.4. The zero-order valence-corrected chi connectivity index (χ0v) is 7.71. The lowest BCUT2D eigenvalue weighted by Gasteiger charge is -2.38. The van der Waals surface area contributed by atoms with Crippen molar-refractivity contribution in [3.8, 4) is 0 Å². The van der Waals surface area contributed by atoms with Crippen LogP contribution in [-0.4, -0.2) is 17.1 Å². The fourth-order valence-corrected chi connectivity index (χ4v) is 1.91. The van der Waals surface area contributed by atoms with E-state index in [1.165, 1.54) is 0 Å². The summed E-state index contributed by atoms with van der Waals surface area (Å²) in [7, 11) is 0. The van der Waals surface area contributed by atoms with E-state index in [1.54, 1.807) is 0 Å². The summed E-state index contributed by atoms with van der Waals surface area (Å²) >= 11 is 0. The predicted octanol–water partition coefficient (Wildman–Crippen LogP) is 1.22. The number of hydrogen-bond donors (Lipinski definition) is 2. The molecule has 0 saturated heterocycles. The summed E-state index contributed by atoms with van der Waals surface area (Å²) < 4.78 is 0. The predicted molar refractivity (Wildman–Crippen MR) is 46.7 cm³/mol. The van der Waals surface area contributed by atoms with Gasteiger partial charge < -0.3 is 10.8 Å². The van der Waals surface area contributed by atoms with E-state index in [0.29, 0.717) is 6.42 Å². The Balaban J connectivity index is 2.72. The number of carbonyl (C=O) groups is 1. The summed E-state index contributed by atoms with van der Waals surface area (Å²) in [5.41, 5.74) is 5.64. The molecule has 0 aliphatic heterocycles. The maximum absolute atomic E-state index is 10.9. The van der Waals surface area contributed by atoms with Gasteiger partial charge in [0.05, 0.1) is 5.92 Å². The molecule has 0 aromatic carbocycles. The molecule has 1 saturated carbocycles. The van der Waals surface area contributed by atoms with Crippen LogP contribution in [0.4, 0.5) is 0 Å². The summed E-state index contributed by atoms with van der Waals surface area (Å²) in [6.45, 7) is 4.02. The van der Waals surface area contributed by atoms with Gasteiger partial charge in [0.15, 0.2) is 0 Å². The van der Waals surface area contributed by atoms with Gasteiger partial charge in [0.2, 0.25) is 0 Å². The molecule has 1 rings (SSSR count). The Hall–Kier alpha value is -0.570. The van der Waals surface area contributed by atoms with Gasteiger partial charge in [-0.3, -0.25) is 4.79 Å². The van der Waals surface area contributed by atoms with Crippen molar-refractivity contribution in [3.05, 3.63) is 0 Å². The third kappa shape index (κ3) is 1.78. The number of rotatable bonds is 1. The normalized spacial score (nSPS) is 34.6. The zero-order valence-electron chi connectivity index (χ0n) is 7.71. The van der Waals surface area contributed by atoms with Crippen molar-refractivity contribution in [1.29, 1.82) is 0 Å². The molecule has 12 heavy (non-hydrogen) atoms. The first-order chi connectivity index (χ1) is 5.43. The Morgan fingerprint density at radius 3 is 2.58 bits per heavy atom. The second-order valence-corrected chi connectivity index (χ2v) is 4.41. The molecule has 0 bridgehead atoms. The van der Waals surface area contributed by atoms with Gasteiger partial charge in [-0.25, -0.2) is 0 Å². The Morgan fingerprint density at radius 1 is 1.58 bits per heavy atom. The molecule has 3 nitrogen and oxygen atoms in total. The van der Waals surface area contributed by atoms with Crippen LogP contribution in [0.25, 0.3) is 0 Å². The van der Waals surface area contributed by atoms with Crippen LogP contribution in [-0.2, 0) is 4.79 Å². The number of carboxylic acid groups (broad SMARTS) is 1. The molecule has 0 heterocycles. The first-order valence-electron chi connectivity index (χ1n) is 4.42. The lowest BCUT2D eigenvalue weighted by atomic mass is 9.67. The second-order valence-electron chi connectivity index (χ2n) is 4.41. The zero-order chi connectivity index (χ0) is 9.35. The molecular formula is C9H17NO2. The maximum atomic E-state index is 10.9. The van der Waals surface area contributed by atoms with Crippen molar-refractivity contribution >= 4 is 5.97 Å². The third-order valence-corrected chi connectivity index (χ3v) is 2.94. The van der Waals surface area contributed by atoms with Gasteiger partial charge in [-0.1, -0.05) is 13.8 Å². The van der Waals surface area contributed by atoms with Crippen molar-refractivity contribution in [2.75, 3.05) is 0 Å². The summed E-state index contributed by atoms with van der Waals surface area (Å²) in [4.78, 5) is 10.9. The molecule has 0 aromatic rings. The molecule has 3 heteroatoms. The topological polar surface area (TPSA) is 63.3 Å². The Bertz CT molecular complexity index is 189. The van der Waals surface area contributed by atoms with Crippen LogP contribution in [0.15, 0.2) is 0 Å². The van der Waals surface area contributed by atoms with Crippen LogP contribution >= 0.6 is 0 Å². The van der Waals surface area contributed by atoms with Gasteiger partial charge >= 0.3 is 5.97 Å². The van der Waals surface area contributed by atoms with Crippen LogP contribution in [0, 0.1) is 11.3 Å². The van der Waals surface area contributed by atoms with Crippen molar-refractivity contribution < 1.29 is 9.90 Å². The molecule has 0 aromatic heterocycles. The Morgan fingerprint density at radius 2 is 2.17 bits per heavy atom. The van der Waals surface area contributed by atoms with Crippen molar-refractivity contribution in [2.24, 2.45) is 17.1 Å². The Labute approximate surface area is 72.9 Å². The van der Waals surface area contributed by atoms with Gasteiger partial charge in [-0.05, 0) is 24.7 Å². The largest absolute Gasteiger partial charge is 0.481 e. The Kier molecular flexibility index (Phi) is 2.42. The van der Waals surface area contributed by atoms with Crippen molar-refractivity contribution in [3.63, 3.8) is 0 Å². The van der Waals surface area contributed by atoms with Gasteiger partial charge in [0.25, 0.3) is 0 Å². The molecule has 3 N–H and O–H groups in total. The van der Waals surface area contributed by atoms with E-state index in [2.05, 4.69) is 0 Å². The van der Waals surface area contributed by atoms with Gasteiger partial charge in [-0.15, -0.1) is 0 Å². The summed E-state index contributed by atoms with van der Waals surface area (Å²) in [6.07, 6.45) is 2.50. The average molecular weight is 171 g/mol. The number of aliphatic carboxylic acids is 1. The maximum Gasteiger partial charge on any atom is 0.307 e. The van der Waals surface area contributed by atoms with Crippen LogP contribution in [0.3, 0.4) is 0 Å². The molecule has 2 atom stereocenters. The number of carboxylic acids is 1. The summed E-state index contributed by atoms with van der Waals surface area (Å²) in [5, 5.41) is 8.94. The minimum absolute atomic E-state index is 0.0816. The molecule has 0 amide bonds.